The maximum absolute atomic E-state index is 12.2. The number of halogens is 3. The third-order valence-electron chi connectivity index (χ3n) is 2.01. The predicted octanol–water partition coefficient (Wildman–Crippen LogP) is 4.84. The van der Waals surface area contributed by atoms with Crippen LogP contribution in [-0.2, 0) is 10.0 Å². The molecule has 2 rings (SSSR count). The zero-order valence-corrected chi connectivity index (χ0v) is 15.0. The first-order valence-electron chi connectivity index (χ1n) is 4.62. The highest BCUT2D eigenvalue weighted by Gasteiger charge is 2.19. The maximum Gasteiger partial charge on any atom is 0.271 e. The third-order valence-corrected chi connectivity index (χ3v) is 6.80. The van der Waals surface area contributed by atoms with Gasteiger partial charge in [-0.1, -0.05) is 6.07 Å². The van der Waals surface area contributed by atoms with Gasteiger partial charge in [-0.15, -0.1) is 11.3 Å². The van der Waals surface area contributed by atoms with E-state index in [0.29, 0.717) is 14.6 Å². The summed E-state index contributed by atoms with van der Waals surface area (Å²) in [6.45, 7) is 0. The van der Waals surface area contributed by atoms with E-state index in [-0.39, 0.29) is 4.21 Å². The van der Waals surface area contributed by atoms with Gasteiger partial charge in [-0.05, 0) is 72.1 Å². The van der Waals surface area contributed by atoms with Crippen LogP contribution in [0.4, 0.5) is 5.69 Å². The van der Waals surface area contributed by atoms with Crippen LogP contribution in [0.1, 0.15) is 0 Å². The largest absolute Gasteiger partial charge is 0.277 e. The zero-order valence-electron chi connectivity index (χ0n) is 8.65. The molecule has 96 valence electrons. The van der Waals surface area contributed by atoms with Crippen molar-refractivity contribution in [3.05, 3.63) is 43.1 Å². The van der Waals surface area contributed by atoms with E-state index in [9.17, 15) is 8.42 Å². The highest BCUT2D eigenvalue weighted by molar-refractivity contribution is 9.11. The Morgan fingerprint density at radius 1 is 1.00 bits per heavy atom. The lowest BCUT2D eigenvalue weighted by atomic mass is 10.3. The molecule has 0 aliphatic heterocycles. The van der Waals surface area contributed by atoms with Gasteiger partial charge >= 0.3 is 0 Å². The summed E-state index contributed by atoms with van der Waals surface area (Å²) < 4.78 is 29.3. The summed E-state index contributed by atoms with van der Waals surface area (Å²) in [5, 5.41) is 0. The van der Waals surface area contributed by atoms with Crippen molar-refractivity contribution in [1.82, 2.24) is 0 Å². The molecule has 0 spiro atoms. The number of thiophene rings is 1. The van der Waals surface area contributed by atoms with E-state index < -0.39 is 10.0 Å². The van der Waals surface area contributed by atoms with Gasteiger partial charge in [0.25, 0.3) is 10.0 Å². The predicted molar refractivity (Wildman–Crippen MR) is 84.7 cm³/mol. The molecule has 8 heteroatoms. The molecular formula is C10H6Br3NO2S2. The molecule has 2 aromatic rings. The second-order valence-electron chi connectivity index (χ2n) is 3.26. The van der Waals surface area contributed by atoms with Crippen molar-refractivity contribution >= 4 is 74.8 Å². The van der Waals surface area contributed by atoms with Gasteiger partial charge in [-0.25, -0.2) is 8.42 Å². The second-order valence-corrected chi connectivity index (χ2v) is 9.34. The summed E-state index contributed by atoms with van der Waals surface area (Å²) >= 11 is 11.0. The molecule has 0 saturated carbocycles. The van der Waals surface area contributed by atoms with E-state index >= 15 is 0 Å². The molecular weight excluding hydrogens is 470 g/mol. The highest BCUT2D eigenvalue weighted by Crippen LogP contribution is 2.34. The lowest BCUT2D eigenvalue weighted by Crippen LogP contribution is -2.12. The molecule has 0 aliphatic rings. The van der Waals surface area contributed by atoms with Gasteiger partial charge in [0.15, 0.2) is 0 Å². The second kappa shape index (κ2) is 5.62. The fourth-order valence-electron chi connectivity index (χ4n) is 1.22. The van der Waals surface area contributed by atoms with E-state index in [2.05, 4.69) is 52.5 Å². The third kappa shape index (κ3) is 3.16. The first-order chi connectivity index (χ1) is 8.40. The van der Waals surface area contributed by atoms with Crippen LogP contribution in [0.25, 0.3) is 0 Å². The summed E-state index contributed by atoms with van der Waals surface area (Å²) in [7, 11) is -3.56. The lowest BCUT2D eigenvalue weighted by Gasteiger charge is -2.10. The molecule has 0 bridgehead atoms. The average molecular weight is 476 g/mol. The Labute approximate surface area is 134 Å². The topological polar surface area (TPSA) is 46.2 Å². The highest BCUT2D eigenvalue weighted by atomic mass is 79.9. The van der Waals surface area contributed by atoms with Gasteiger partial charge in [0.1, 0.15) is 4.21 Å². The SMILES string of the molecule is O=S(=O)(Nc1c(Br)cccc1Br)c1ccc(Br)s1. The zero-order chi connectivity index (χ0) is 13.3. The van der Waals surface area contributed by atoms with Gasteiger partial charge in [-0.3, -0.25) is 4.72 Å². The lowest BCUT2D eigenvalue weighted by molar-refractivity contribution is 0.603. The molecule has 0 aliphatic carbocycles. The van der Waals surface area contributed by atoms with E-state index in [1.165, 1.54) is 0 Å². The first kappa shape index (κ1) is 14.5. The van der Waals surface area contributed by atoms with Crippen LogP contribution in [0.5, 0.6) is 0 Å². The molecule has 1 aromatic heterocycles. The van der Waals surface area contributed by atoms with Crippen LogP contribution in [-0.4, -0.2) is 8.42 Å². The van der Waals surface area contributed by atoms with Crippen LogP contribution in [0.15, 0.2) is 47.3 Å². The summed E-state index contributed by atoms with van der Waals surface area (Å²) in [5.41, 5.74) is 0.488. The normalized spacial score (nSPS) is 11.5. The van der Waals surface area contributed by atoms with Crippen molar-refractivity contribution in [2.24, 2.45) is 0 Å². The standard InChI is InChI=1S/C10H6Br3NO2S2/c11-6-2-1-3-7(12)10(6)14-18(15,16)9-5-4-8(13)17-9/h1-5,14H. The minimum absolute atomic E-state index is 0.261. The van der Waals surface area contributed by atoms with E-state index in [1.807, 2.05) is 6.07 Å². The number of anilines is 1. The number of para-hydroxylation sites is 1. The van der Waals surface area contributed by atoms with Gasteiger partial charge < -0.3 is 0 Å². The molecule has 0 unspecified atom stereocenters. The van der Waals surface area contributed by atoms with E-state index in [4.69, 9.17) is 0 Å². The van der Waals surface area contributed by atoms with Gasteiger partial charge in [0, 0.05) is 8.95 Å². The average Bonchev–Trinajstić information content (AvgIpc) is 2.71. The number of nitrogens with one attached hydrogen (secondary N) is 1. The Bertz CT molecular complexity index is 662. The van der Waals surface area contributed by atoms with Gasteiger partial charge in [0.2, 0.25) is 0 Å². The fourth-order valence-corrected chi connectivity index (χ4v) is 5.79. The number of hydrogen-bond donors (Lipinski definition) is 1. The Morgan fingerprint density at radius 2 is 1.61 bits per heavy atom. The number of rotatable bonds is 3. The van der Waals surface area contributed by atoms with Crippen molar-refractivity contribution in [1.29, 1.82) is 0 Å². The number of hydrogen-bond acceptors (Lipinski definition) is 3. The van der Waals surface area contributed by atoms with Crippen LogP contribution in [0.3, 0.4) is 0 Å². The molecule has 1 N–H and O–H groups in total. The molecule has 0 atom stereocenters. The molecule has 1 heterocycles. The Morgan fingerprint density at radius 3 is 2.11 bits per heavy atom. The van der Waals surface area contributed by atoms with Crippen molar-refractivity contribution in [2.45, 2.75) is 4.21 Å². The summed E-state index contributed by atoms with van der Waals surface area (Å²) in [6.07, 6.45) is 0. The number of benzene rings is 1. The van der Waals surface area contributed by atoms with Gasteiger partial charge in [-0.2, -0.15) is 0 Å². The van der Waals surface area contributed by atoms with Crippen molar-refractivity contribution in [3.8, 4) is 0 Å². The molecule has 0 fully saturated rings. The number of sulfonamides is 1. The molecule has 0 saturated heterocycles. The first-order valence-corrected chi connectivity index (χ1v) is 9.30. The Kier molecular flexibility index (Phi) is 4.53. The minimum atomic E-state index is -3.56. The van der Waals surface area contributed by atoms with Crippen LogP contribution in [0.2, 0.25) is 0 Å². The Hall–Kier alpha value is 0.110. The van der Waals surface area contributed by atoms with E-state index in [0.717, 1.165) is 15.1 Å². The summed E-state index contributed by atoms with van der Waals surface area (Å²) in [5.74, 6) is 0. The van der Waals surface area contributed by atoms with Crippen LogP contribution < -0.4 is 4.72 Å². The molecule has 3 nitrogen and oxygen atoms in total. The van der Waals surface area contributed by atoms with Crippen molar-refractivity contribution in [2.75, 3.05) is 4.72 Å². The molecule has 18 heavy (non-hydrogen) atoms. The molecule has 0 radical (unpaired) electrons. The maximum atomic E-state index is 12.2. The summed E-state index contributed by atoms with van der Waals surface area (Å²) in [6, 6.07) is 8.61. The molecule has 1 aromatic carbocycles. The Balaban J connectivity index is 2.40. The van der Waals surface area contributed by atoms with Crippen molar-refractivity contribution < 1.29 is 8.42 Å². The van der Waals surface area contributed by atoms with Crippen molar-refractivity contribution in [3.63, 3.8) is 0 Å². The smallest absolute Gasteiger partial charge is 0.271 e. The van der Waals surface area contributed by atoms with Crippen LogP contribution >= 0.6 is 59.1 Å². The fraction of sp³-hybridized carbons (Fsp3) is 0. The van der Waals surface area contributed by atoms with E-state index in [1.54, 1.807) is 24.3 Å². The minimum Gasteiger partial charge on any atom is -0.277 e. The quantitative estimate of drug-likeness (QED) is 0.690. The monoisotopic (exact) mass is 473 g/mol. The van der Waals surface area contributed by atoms with Gasteiger partial charge in [0.05, 0.1) is 9.47 Å². The molecule has 0 amide bonds. The van der Waals surface area contributed by atoms with Crippen LogP contribution in [0, 0.1) is 0 Å². The summed E-state index contributed by atoms with van der Waals surface area (Å²) in [4.78, 5) is 0.